The summed E-state index contributed by atoms with van der Waals surface area (Å²) < 4.78 is 0. The highest BCUT2D eigenvalue weighted by molar-refractivity contribution is 6.47. The van der Waals surface area contributed by atoms with Gasteiger partial charge in [-0.05, 0) is 35.2 Å². The van der Waals surface area contributed by atoms with Crippen molar-refractivity contribution in [2.45, 2.75) is 26.2 Å². The van der Waals surface area contributed by atoms with Crippen molar-refractivity contribution in [3.63, 3.8) is 0 Å². The van der Waals surface area contributed by atoms with Crippen LogP contribution in [0.2, 0.25) is 10.0 Å². The van der Waals surface area contributed by atoms with E-state index in [9.17, 15) is 9.59 Å². The zero-order valence-corrected chi connectivity index (χ0v) is 15.1. The third-order valence-corrected chi connectivity index (χ3v) is 4.23. The molecule has 0 fully saturated rings. The molecule has 126 valence electrons. The van der Waals surface area contributed by atoms with E-state index in [1.165, 1.54) is 0 Å². The Hall–Kier alpha value is -2.04. The molecule has 2 amide bonds. The lowest BCUT2D eigenvalue weighted by atomic mass is 9.87. The van der Waals surface area contributed by atoms with Gasteiger partial charge in [0.05, 0.1) is 15.7 Å². The third kappa shape index (κ3) is 4.49. The van der Waals surface area contributed by atoms with Crippen LogP contribution in [0, 0.1) is 0 Å². The highest BCUT2D eigenvalue weighted by atomic mass is 35.5. The molecular formula is C18H18Cl2N2O2. The zero-order valence-electron chi connectivity index (χ0n) is 13.6. The van der Waals surface area contributed by atoms with Crippen LogP contribution in [0.15, 0.2) is 42.5 Å². The van der Waals surface area contributed by atoms with Gasteiger partial charge in [0.15, 0.2) is 0 Å². The molecule has 2 aromatic rings. The van der Waals surface area contributed by atoms with Gasteiger partial charge in [0, 0.05) is 5.69 Å². The molecule has 4 nitrogen and oxygen atoms in total. The number of nitrogens with one attached hydrogen (secondary N) is 2. The number of benzene rings is 2. The minimum absolute atomic E-state index is 0.0171. The Kier molecular flexibility index (Phi) is 5.52. The monoisotopic (exact) mass is 364 g/mol. The van der Waals surface area contributed by atoms with Crippen LogP contribution in [0.3, 0.4) is 0 Å². The Labute approximate surface area is 151 Å². The Morgan fingerprint density at radius 3 is 2.04 bits per heavy atom. The molecule has 0 aliphatic heterocycles. The largest absolute Gasteiger partial charge is 0.318 e. The highest BCUT2D eigenvalue weighted by Crippen LogP contribution is 2.29. The molecule has 0 aromatic heterocycles. The summed E-state index contributed by atoms with van der Waals surface area (Å²) in [5.74, 6) is -1.60. The second-order valence-electron chi connectivity index (χ2n) is 6.34. The van der Waals surface area contributed by atoms with E-state index in [-0.39, 0.29) is 16.1 Å². The van der Waals surface area contributed by atoms with Crippen molar-refractivity contribution < 1.29 is 9.59 Å². The number of amides is 2. The summed E-state index contributed by atoms with van der Waals surface area (Å²) in [6.07, 6.45) is 0. The Bertz CT molecular complexity index is 766. The summed E-state index contributed by atoms with van der Waals surface area (Å²) in [7, 11) is 0. The number of carbonyl (C=O) groups is 2. The first-order valence-corrected chi connectivity index (χ1v) is 8.11. The predicted octanol–water partition coefficient (Wildman–Crippen LogP) is 4.87. The molecule has 0 heterocycles. The summed E-state index contributed by atoms with van der Waals surface area (Å²) in [5.41, 5.74) is 1.98. The number of carbonyl (C=O) groups excluding carboxylic acids is 2. The van der Waals surface area contributed by atoms with Gasteiger partial charge in [0.2, 0.25) is 0 Å². The van der Waals surface area contributed by atoms with E-state index in [1.54, 1.807) is 30.3 Å². The molecule has 0 bridgehead atoms. The first-order valence-electron chi connectivity index (χ1n) is 7.35. The van der Waals surface area contributed by atoms with Crippen LogP contribution in [0.5, 0.6) is 0 Å². The van der Waals surface area contributed by atoms with Crippen LogP contribution in [0.25, 0.3) is 0 Å². The van der Waals surface area contributed by atoms with Crippen LogP contribution in [-0.4, -0.2) is 11.8 Å². The lowest BCUT2D eigenvalue weighted by Gasteiger charge is -2.19. The number of rotatable bonds is 2. The van der Waals surface area contributed by atoms with E-state index >= 15 is 0 Å². The van der Waals surface area contributed by atoms with Crippen LogP contribution in [0.4, 0.5) is 11.4 Å². The molecule has 0 saturated carbocycles. The quantitative estimate of drug-likeness (QED) is 0.746. The zero-order chi connectivity index (χ0) is 17.9. The van der Waals surface area contributed by atoms with Crippen molar-refractivity contribution in [1.82, 2.24) is 0 Å². The lowest BCUT2D eigenvalue weighted by molar-refractivity contribution is -0.132. The second-order valence-corrected chi connectivity index (χ2v) is 7.12. The average molecular weight is 365 g/mol. The molecular weight excluding hydrogens is 347 g/mol. The van der Waals surface area contributed by atoms with Gasteiger partial charge in [-0.1, -0.05) is 62.2 Å². The summed E-state index contributed by atoms with van der Waals surface area (Å²) >= 11 is 11.9. The molecule has 24 heavy (non-hydrogen) atoms. The minimum atomic E-state index is -0.820. The van der Waals surface area contributed by atoms with E-state index in [0.29, 0.717) is 10.7 Å². The van der Waals surface area contributed by atoms with Crippen LogP contribution < -0.4 is 10.6 Å². The second kappa shape index (κ2) is 7.24. The molecule has 2 aromatic carbocycles. The van der Waals surface area contributed by atoms with E-state index in [0.717, 1.165) is 5.56 Å². The van der Waals surface area contributed by atoms with E-state index in [4.69, 9.17) is 23.2 Å². The van der Waals surface area contributed by atoms with Gasteiger partial charge in [-0.2, -0.15) is 0 Å². The number of halogens is 2. The molecule has 0 atom stereocenters. The first kappa shape index (κ1) is 18.3. The number of hydrogen-bond donors (Lipinski definition) is 2. The number of anilines is 2. The SMILES string of the molecule is CC(C)(C)c1ccc(NC(=O)C(=O)Nc2cccc(Cl)c2Cl)cc1. The average Bonchev–Trinajstić information content (AvgIpc) is 2.51. The predicted molar refractivity (Wildman–Crippen MR) is 98.9 cm³/mol. The topological polar surface area (TPSA) is 58.2 Å². The first-order chi connectivity index (χ1) is 11.2. The lowest BCUT2D eigenvalue weighted by Crippen LogP contribution is -2.29. The fraction of sp³-hybridized carbons (Fsp3) is 0.222. The molecule has 0 unspecified atom stereocenters. The van der Waals surface area contributed by atoms with Crippen molar-refractivity contribution in [2.24, 2.45) is 0 Å². The summed E-state index contributed by atoms with van der Waals surface area (Å²) in [6, 6.07) is 12.2. The molecule has 2 rings (SSSR count). The van der Waals surface area contributed by atoms with Gasteiger partial charge in [-0.15, -0.1) is 0 Å². The Morgan fingerprint density at radius 2 is 1.46 bits per heavy atom. The summed E-state index contributed by atoms with van der Waals surface area (Å²) in [4.78, 5) is 24.0. The molecule has 0 aliphatic carbocycles. The van der Waals surface area contributed by atoms with Crippen molar-refractivity contribution in [3.8, 4) is 0 Å². The highest BCUT2D eigenvalue weighted by Gasteiger charge is 2.17. The van der Waals surface area contributed by atoms with Gasteiger partial charge in [0.25, 0.3) is 0 Å². The standard InChI is InChI=1S/C18H18Cl2N2O2/c1-18(2,3)11-7-9-12(10-8-11)21-16(23)17(24)22-14-6-4-5-13(19)15(14)20/h4-10H,1-3H3,(H,21,23)(H,22,24). The maximum atomic E-state index is 12.0. The molecule has 0 aliphatic rings. The van der Waals surface area contributed by atoms with Crippen LogP contribution in [0.1, 0.15) is 26.3 Å². The molecule has 0 radical (unpaired) electrons. The van der Waals surface area contributed by atoms with Crippen molar-refractivity contribution >= 4 is 46.4 Å². The third-order valence-electron chi connectivity index (χ3n) is 3.41. The van der Waals surface area contributed by atoms with Gasteiger partial charge in [-0.3, -0.25) is 9.59 Å². The summed E-state index contributed by atoms with van der Waals surface area (Å²) in [6.45, 7) is 6.30. The van der Waals surface area contributed by atoms with Crippen molar-refractivity contribution in [2.75, 3.05) is 10.6 Å². The minimum Gasteiger partial charge on any atom is -0.318 e. The van der Waals surface area contributed by atoms with Crippen molar-refractivity contribution in [1.29, 1.82) is 0 Å². The molecule has 0 spiro atoms. The maximum absolute atomic E-state index is 12.0. The smallest absolute Gasteiger partial charge is 0.314 e. The van der Waals surface area contributed by atoms with Gasteiger partial charge < -0.3 is 10.6 Å². The molecule has 6 heteroatoms. The summed E-state index contributed by atoms with van der Waals surface area (Å²) in [5, 5.41) is 5.48. The van der Waals surface area contributed by atoms with Crippen molar-refractivity contribution in [3.05, 3.63) is 58.1 Å². The maximum Gasteiger partial charge on any atom is 0.314 e. The molecule has 0 saturated heterocycles. The molecule has 2 N–H and O–H groups in total. The van der Waals surface area contributed by atoms with E-state index in [1.807, 2.05) is 12.1 Å². The fourth-order valence-corrected chi connectivity index (χ4v) is 2.37. The van der Waals surface area contributed by atoms with Gasteiger partial charge in [0.1, 0.15) is 0 Å². The van der Waals surface area contributed by atoms with Crippen LogP contribution in [-0.2, 0) is 15.0 Å². The Morgan fingerprint density at radius 1 is 0.875 bits per heavy atom. The Balaban J connectivity index is 2.04. The normalized spacial score (nSPS) is 11.0. The van der Waals surface area contributed by atoms with Gasteiger partial charge >= 0.3 is 11.8 Å². The van der Waals surface area contributed by atoms with E-state index < -0.39 is 11.8 Å². The fourth-order valence-electron chi connectivity index (χ4n) is 2.02. The number of hydrogen-bond acceptors (Lipinski definition) is 2. The van der Waals surface area contributed by atoms with Crippen LogP contribution >= 0.6 is 23.2 Å². The van der Waals surface area contributed by atoms with Gasteiger partial charge in [-0.25, -0.2) is 0 Å². The van der Waals surface area contributed by atoms with E-state index in [2.05, 4.69) is 31.4 Å².